The molecule has 0 bridgehead atoms. The van der Waals surface area contributed by atoms with Crippen LogP contribution >= 0.6 is 0 Å². The molecule has 0 fully saturated rings. The van der Waals surface area contributed by atoms with Crippen molar-refractivity contribution < 1.29 is 12.3 Å². The number of hydrogen-bond acceptors (Lipinski definition) is 3. The molecule has 0 spiro atoms. The summed E-state index contributed by atoms with van der Waals surface area (Å²) in [4.78, 5) is 0. The van der Waals surface area contributed by atoms with Gasteiger partial charge in [0, 0.05) is 0 Å². The lowest BCUT2D eigenvalue weighted by Gasteiger charge is -2.43. The maximum absolute atomic E-state index is 12.2. The van der Waals surface area contributed by atoms with Gasteiger partial charge in [-0.05, 0) is 17.8 Å². The van der Waals surface area contributed by atoms with Gasteiger partial charge in [0.2, 0.25) is 0 Å². The predicted molar refractivity (Wildman–Crippen MR) is 67.2 cm³/mol. The summed E-state index contributed by atoms with van der Waals surface area (Å²) >= 11 is 0. The van der Waals surface area contributed by atoms with Crippen LogP contribution in [-0.4, -0.2) is 23.7 Å². The Morgan fingerprint density at radius 2 is 1.20 bits per heavy atom. The van der Waals surface area contributed by atoms with E-state index in [-0.39, 0.29) is 28.2 Å². The van der Waals surface area contributed by atoms with Crippen molar-refractivity contribution in [3.8, 4) is 0 Å². The average molecular weight is 252 g/mol. The van der Waals surface area contributed by atoms with Gasteiger partial charge >= 0.3 is 0 Å². The second kappa shape index (κ2) is 4.97. The minimum atomic E-state index is -3.46. The fourth-order valence-corrected chi connectivity index (χ4v) is 5.90. The molecule has 0 saturated carbocycles. The van der Waals surface area contributed by atoms with Gasteiger partial charge in [0.1, 0.15) is 4.75 Å². The Kier molecular flexibility index (Phi) is 5.01. The second-order valence-electron chi connectivity index (χ2n) is 4.94. The fraction of sp³-hybridized carbons (Fsp3) is 1.00. The van der Waals surface area contributed by atoms with Crippen molar-refractivity contribution in [3.63, 3.8) is 0 Å². The first-order chi connectivity index (χ1) is 6.64. The van der Waals surface area contributed by atoms with Gasteiger partial charge in [0.05, 0.1) is 0 Å². The smallest absolute Gasteiger partial charge is 0.263 e. The van der Waals surface area contributed by atoms with Gasteiger partial charge in [-0.3, -0.25) is 0 Å². The maximum atomic E-state index is 12.2. The highest BCUT2D eigenvalue weighted by Crippen LogP contribution is 2.41. The largest absolute Gasteiger partial charge is 0.326 e. The summed E-state index contributed by atoms with van der Waals surface area (Å²) in [6.45, 7) is 11.7. The fourth-order valence-electron chi connectivity index (χ4n) is 3.01. The van der Waals surface area contributed by atoms with Crippen LogP contribution < -0.4 is 0 Å². The minimum absolute atomic E-state index is 0.0523. The first-order valence-electron chi connectivity index (χ1n) is 5.44. The summed E-state index contributed by atoms with van der Waals surface area (Å²) in [5, 5.41) is 0. The van der Waals surface area contributed by atoms with Crippen LogP contribution in [0.25, 0.3) is 0 Å². The van der Waals surface area contributed by atoms with Crippen molar-refractivity contribution in [2.75, 3.05) is 0 Å². The van der Waals surface area contributed by atoms with Gasteiger partial charge in [-0.2, -0.15) is 8.42 Å². The van der Waals surface area contributed by atoms with Crippen molar-refractivity contribution in [2.24, 2.45) is 17.8 Å². The molecule has 0 aliphatic rings. The highest BCUT2D eigenvalue weighted by molar-refractivity contribution is 7.88. The third-order valence-corrected chi connectivity index (χ3v) is 7.40. The van der Waals surface area contributed by atoms with Gasteiger partial charge in [-0.1, -0.05) is 41.5 Å². The number of hydrogen-bond donors (Lipinski definition) is 0. The van der Waals surface area contributed by atoms with E-state index in [1.165, 1.54) is 0 Å². The van der Waals surface area contributed by atoms with E-state index in [2.05, 4.69) is 0 Å². The molecule has 0 aromatic heterocycles. The van der Waals surface area contributed by atoms with Gasteiger partial charge in [0.25, 0.3) is 10.1 Å². The Morgan fingerprint density at radius 3 is 1.27 bits per heavy atom. The molecular formula is C10H24O3SSi. The van der Waals surface area contributed by atoms with E-state index in [0.29, 0.717) is 0 Å². The van der Waals surface area contributed by atoms with Crippen LogP contribution in [0.15, 0.2) is 0 Å². The lowest BCUT2D eigenvalue weighted by molar-refractivity contribution is 0.224. The summed E-state index contributed by atoms with van der Waals surface area (Å²) in [6, 6.07) is 0. The maximum Gasteiger partial charge on any atom is 0.263 e. The van der Waals surface area contributed by atoms with Crippen LogP contribution in [0.3, 0.4) is 0 Å². The van der Waals surface area contributed by atoms with Crippen LogP contribution in [-0.2, 0) is 14.0 Å². The Balaban J connectivity index is 5.77. The molecule has 0 aromatic carbocycles. The lowest BCUT2D eigenvalue weighted by Crippen LogP contribution is -2.53. The molecule has 0 radical (unpaired) electrons. The van der Waals surface area contributed by atoms with Crippen molar-refractivity contribution in [1.82, 2.24) is 0 Å². The third kappa shape index (κ3) is 2.29. The third-order valence-electron chi connectivity index (χ3n) is 3.36. The van der Waals surface area contributed by atoms with Crippen LogP contribution in [0.1, 0.15) is 41.5 Å². The Hall–Kier alpha value is 0.127. The van der Waals surface area contributed by atoms with Crippen molar-refractivity contribution in [3.05, 3.63) is 0 Å². The summed E-state index contributed by atoms with van der Waals surface area (Å²) in [7, 11) is -3.23. The normalized spacial score (nSPS) is 14.5. The minimum Gasteiger partial charge on any atom is -0.326 e. The van der Waals surface area contributed by atoms with E-state index in [9.17, 15) is 8.42 Å². The Morgan fingerprint density at radius 1 is 0.933 bits per heavy atom. The molecule has 0 saturated heterocycles. The van der Waals surface area contributed by atoms with E-state index in [4.69, 9.17) is 3.87 Å². The van der Waals surface area contributed by atoms with Gasteiger partial charge < -0.3 is 3.87 Å². The van der Waals surface area contributed by atoms with Gasteiger partial charge in [0.15, 0.2) is 10.5 Å². The molecule has 0 aromatic rings. The summed E-state index contributed by atoms with van der Waals surface area (Å²) < 4.78 is 28.4. The first kappa shape index (κ1) is 15.1. The van der Waals surface area contributed by atoms with Gasteiger partial charge in [-0.15, -0.1) is 0 Å². The molecule has 0 rings (SSSR count). The average Bonchev–Trinajstić information content (AvgIpc) is 2.02. The van der Waals surface area contributed by atoms with E-state index < -0.39 is 14.9 Å². The van der Waals surface area contributed by atoms with Crippen molar-refractivity contribution in [1.29, 1.82) is 0 Å². The summed E-state index contributed by atoms with van der Waals surface area (Å²) in [5.41, 5.74) is 0. The summed E-state index contributed by atoms with van der Waals surface area (Å²) in [5.74, 6) is 0.157. The van der Waals surface area contributed by atoms with Crippen molar-refractivity contribution in [2.45, 2.75) is 46.3 Å². The molecule has 0 aliphatic heterocycles. The topological polar surface area (TPSA) is 43.4 Å². The molecule has 0 atom stereocenters. The molecule has 0 unspecified atom stereocenters. The highest BCUT2D eigenvalue weighted by atomic mass is 32.2. The molecule has 3 nitrogen and oxygen atoms in total. The SMILES string of the molecule is CC(C)C(C(C)C)(C(C)C)S(=O)(=O)O[SiH3]. The van der Waals surface area contributed by atoms with E-state index >= 15 is 0 Å². The van der Waals surface area contributed by atoms with E-state index in [1.54, 1.807) is 0 Å². The van der Waals surface area contributed by atoms with Crippen LogP contribution in [0.2, 0.25) is 0 Å². The van der Waals surface area contributed by atoms with E-state index in [1.807, 2.05) is 41.5 Å². The molecule has 15 heavy (non-hydrogen) atoms. The highest BCUT2D eigenvalue weighted by Gasteiger charge is 2.51. The van der Waals surface area contributed by atoms with Crippen LogP contribution in [0, 0.1) is 17.8 Å². The zero-order chi connectivity index (χ0) is 12.4. The van der Waals surface area contributed by atoms with Crippen LogP contribution in [0.4, 0.5) is 0 Å². The van der Waals surface area contributed by atoms with Gasteiger partial charge in [-0.25, -0.2) is 0 Å². The van der Waals surface area contributed by atoms with E-state index in [0.717, 1.165) is 0 Å². The lowest BCUT2D eigenvalue weighted by atomic mass is 9.76. The first-order valence-corrected chi connectivity index (χ1v) is 7.67. The predicted octanol–water partition coefficient (Wildman–Crippen LogP) is 1.32. The van der Waals surface area contributed by atoms with Crippen molar-refractivity contribution >= 4 is 20.6 Å². The molecule has 5 heteroatoms. The quantitative estimate of drug-likeness (QED) is 0.693. The standard InChI is InChI=1S/C10H24O3SSi/c1-7(2)10(8(3)4,9(5)6)14(11,12)13-15/h7-9H,1-6,15H3. The Labute approximate surface area is 97.3 Å². The Bertz CT molecular complexity index is 272. The molecule has 92 valence electrons. The molecular weight excluding hydrogens is 228 g/mol. The summed E-state index contributed by atoms with van der Waals surface area (Å²) in [6.07, 6.45) is 0. The monoisotopic (exact) mass is 252 g/mol. The molecule has 0 heterocycles. The zero-order valence-corrected chi connectivity index (χ0v) is 13.7. The number of rotatable bonds is 5. The second-order valence-corrected chi connectivity index (χ2v) is 7.89. The zero-order valence-electron chi connectivity index (χ0n) is 10.9. The molecule has 0 amide bonds. The molecule has 0 aliphatic carbocycles. The molecule has 0 N–H and O–H groups in total. The van der Waals surface area contributed by atoms with Crippen LogP contribution in [0.5, 0.6) is 0 Å².